The Hall–Kier alpha value is -1.88. The first-order chi connectivity index (χ1) is 9.66. The third kappa shape index (κ3) is 4.06. The zero-order valence-electron chi connectivity index (χ0n) is 11.6. The summed E-state index contributed by atoms with van der Waals surface area (Å²) in [6.45, 7) is 5.22. The summed E-state index contributed by atoms with van der Waals surface area (Å²) in [5, 5.41) is 4.49. The second-order valence-electron chi connectivity index (χ2n) is 4.70. The fourth-order valence-electron chi connectivity index (χ4n) is 1.70. The first-order valence-electron chi connectivity index (χ1n) is 6.56. The van der Waals surface area contributed by atoms with E-state index in [1.54, 1.807) is 10.9 Å². The average Bonchev–Trinajstić information content (AvgIpc) is 2.98. The van der Waals surface area contributed by atoms with Crippen LogP contribution in [0, 0.1) is 0 Å². The molecule has 1 aromatic heterocycles. The van der Waals surface area contributed by atoms with Crippen molar-refractivity contribution in [1.82, 2.24) is 10.3 Å². The maximum atomic E-state index is 11.6. The fourth-order valence-corrected chi connectivity index (χ4v) is 2.23. The van der Waals surface area contributed by atoms with Crippen LogP contribution in [0.4, 0.5) is 0 Å². The Labute approximate surface area is 122 Å². The molecule has 1 aromatic carbocycles. The van der Waals surface area contributed by atoms with Crippen LogP contribution in [0.15, 0.2) is 35.2 Å². The second-order valence-corrected chi connectivity index (χ2v) is 5.42. The van der Waals surface area contributed by atoms with Crippen LogP contribution in [-0.4, -0.2) is 24.0 Å². The van der Waals surface area contributed by atoms with Gasteiger partial charge < -0.3 is 10.1 Å². The van der Waals surface area contributed by atoms with Crippen molar-refractivity contribution in [3.8, 4) is 5.75 Å². The van der Waals surface area contributed by atoms with Gasteiger partial charge in [-0.05, 0) is 23.6 Å². The van der Waals surface area contributed by atoms with Crippen LogP contribution in [0.5, 0.6) is 5.75 Å². The number of carbonyl (C=O) groups excluding carboxylic acids is 1. The molecule has 1 heterocycles. The molecule has 0 radical (unpaired) electrons. The van der Waals surface area contributed by atoms with Crippen LogP contribution < -0.4 is 10.1 Å². The van der Waals surface area contributed by atoms with E-state index in [1.807, 2.05) is 12.1 Å². The van der Waals surface area contributed by atoms with Gasteiger partial charge in [-0.3, -0.25) is 4.79 Å². The molecule has 0 aliphatic heterocycles. The van der Waals surface area contributed by atoms with Gasteiger partial charge in [-0.15, -0.1) is 11.3 Å². The van der Waals surface area contributed by atoms with Crippen molar-refractivity contribution in [3.05, 3.63) is 46.4 Å². The van der Waals surface area contributed by atoms with E-state index in [2.05, 4.69) is 36.3 Å². The van der Waals surface area contributed by atoms with E-state index in [1.165, 1.54) is 16.9 Å². The zero-order valence-corrected chi connectivity index (χ0v) is 12.4. The first-order valence-corrected chi connectivity index (χ1v) is 7.50. The largest absolute Gasteiger partial charge is 0.492 e. The van der Waals surface area contributed by atoms with Crippen molar-refractivity contribution in [3.63, 3.8) is 0 Å². The van der Waals surface area contributed by atoms with Gasteiger partial charge in [0.05, 0.1) is 12.1 Å². The highest BCUT2D eigenvalue weighted by molar-refractivity contribution is 7.07. The summed E-state index contributed by atoms with van der Waals surface area (Å²) < 4.78 is 5.58. The van der Waals surface area contributed by atoms with Crippen molar-refractivity contribution >= 4 is 17.2 Å². The van der Waals surface area contributed by atoms with Gasteiger partial charge in [0.1, 0.15) is 18.1 Å². The highest BCUT2D eigenvalue weighted by Crippen LogP contribution is 2.18. The minimum atomic E-state index is -0.162. The molecule has 0 aliphatic carbocycles. The number of amides is 1. The second kappa shape index (κ2) is 7.05. The molecule has 0 bridgehead atoms. The molecule has 20 heavy (non-hydrogen) atoms. The lowest BCUT2D eigenvalue weighted by Crippen LogP contribution is -2.28. The molecule has 1 N–H and O–H groups in total. The summed E-state index contributed by atoms with van der Waals surface area (Å²) in [5.74, 6) is 1.17. The predicted octanol–water partition coefficient (Wildman–Crippen LogP) is 3.08. The topological polar surface area (TPSA) is 51.2 Å². The van der Waals surface area contributed by atoms with Gasteiger partial charge in [-0.25, -0.2) is 4.98 Å². The Bertz CT molecular complexity index is 536. The Morgan fingerprint density at radius 3 is 2.70 bits per heavy atom. The molecule has 0 saturated carbocycles. The molecule has 2 rings (SSSR count). The van der Waals surface area contributed by atoms with Gasteiger partial charge in [0.25, 0.3) is 5.91 Å². The number of thiazole rings is 1. The lowest BCUT2D eigenvalue weighted by Gasteiger charge is -2.09. The van der Waals surface area contributed by atoms with Crippen LogP contribution in [-0.2, 0) is 0 Å². The Morgan fingerprint density at radius 1 is 1.35 bits per heavy atom. The number of nitrogens with one attached hydrogen (secondary N) is 1. The molecule has 0 fully saturated rings. The minimum Gasteiger partial charge on any atom is -0.492 e. The van der Waals surface area contributed by atoms with E-state index in [0.717, 1.165) is 5.75 Å². The highest BCUT2D eigenvalue weighted by Gasteiger charge is 2.06. The number of hydrogen-bond donors (Lipinski definition) is 1. The van der Waals surface area contributed by atoms with Crippen LogP contribution in [0.25, 0.3) is 0 Å². The Balaban J connectivity index is 1.72. The minimum absolute atomic E-state index is 0.162. The number of nitrogens with zero attached hydrogens (tertiary/aromatic N) is 1. The molecule has 0 aliphatic rings. The van der Waals surface area contributed by atoms with Crippen LogP contribution >= 0.6 is 11.3 Å². The van der Waals surface area contributed by atoms with Crippen molar-refractivity contribution in [1.29, 1.82) is 0 Å². The molecule has 2 aromatic rings. The van der Waals surface area contributed by atoms with E-state index in [0.29, 0.717) is 24.8 Å². The SMILES string of the molecule is CC(C)c1ccc(OCCNC(=O)c2cscn2)cc1. The van der Waals surface area contributed by atoms with Gasteiger partial charge in [-0.2, -0.15) is 0 Å². The third-order valence-corrected chi connectivity index (χ3v) is 3.45. The van der Waals surface area contributed by atoms with E-state index < -0.39 is 0 Å². The maximum Gasteiger partial charge on any atom is 0.270 e. The molecule has 0 unspecified atom stereocenters. The summed E-state index contributed by atoms with van der Waals surface area (Å²) in [6.07, 6.45) is 0. The molecule has 0 saturated heterocycles. The van der Waals surface area contributed by atoms with Gasteiger partial charge >= 0.3 is 0 Å². The van der Waals surface area contributed by atoms with Gasteiger partial charge in [0.2, 0.25) is 0 Å². The van der Waals surface area contributed by atoms with Crippen molar-refractivity contribution < 1.29 is 9.53 Å². The lowest BCUT2D eigenvalue weighted by molar-refractivity contribution is 0.0942. The molecule has 106 valence electrons. The van der Waals surface area contributed by atoms with E-state index in [-0.39, 0.29) is 5.91 Å². The van der Waals surface area contributed by atoms with Gasteiger partial charge in [0.15, 0.2) is 0 Å². The predicted molar refractivity (Wildman–Crippen MR) is 80.5 cm³/mol. The van der Waals surface area contributed by atoms with E-state index >= 15 is 0 Å². The summed E-state index contributed by atoms with van der Waals surface area (Å²) >= 11 is 1.40. The molecule has 5 heteroatoms. The van der Waals surface area contributed by atoms with E-state index in [4.69, 9.17) is 4.74 Å². The lowest BCUT2D eigenvalue weighted by atomic mass is 10.0. The number of aromatic nitrogens is 1. The maximum absolute atomic E-state index is 11.6. The number of benzene rings is 1. The molecule has 0 atom stereocenters. The van der Waals surface area contributed by atoms with Crippen molar-refractivity contribution in [2.75, 3.05) is 13.2 Å². The summed E-state index contributed by atoms with van der Waals surface area (Å²) in [7, 11) is 0. The van der Waals surface area contributed by atoms with Crippen LogP contribution in [0.3, 0.4) is 0 Å². The standard InChI is InChI=1S/C15H18N2O2S/c1-11(2)12-3-5-13(6-4-12)19-8-7-16-15(18)14-9-20-10-17-14/h3-6,9-11H,7-8H2,1-2H3,(H,16,18). The molecular formula is C15H18N2O2S. The van der Waals surface area contributed by atoms with Gasteiger partial charge in [-0.1, -0.05) is 26.0 Å². The summed E-state index contributed by atoms with van der Waals surface area (Å²) in [4.78, 5) is 15.6. The number of rotatable bonds is 6. The average molecular weight is 290 g/mol. The zero-order chi connectivity index (χ0) is 14.4. The molecular weight excluding hydrogens is 272 g/mol. The van der Waals surface area contributed by atoms with Crippen LogP contribution in [0.2, 0.25) is 0 Å². The van der Waals surface area contributed by atoms with Crippen molar-refractivity contribution in [2.45, 2.75) is 19.8 Å². The van der Waals surface area contributed by atoms with Crippen molar-refractivity contribution in [2.24, 2.45) is 0 Å². The molecule has 1 amide bonds. The summed E-state index contributed by atoms with van der Waals surface area (Å²) in [5.41, 5.74) is 3.38. The molecule has 0 spiro atoms. The van der Waals surface area contributed by atoms with Crippen LogP contribution in [0.1, 0.15) is 35.8 Å². The highest BCUT2D eigenvalue weighted by atomic mass is 32.1. The normalized spacial score (nSPS) is 10.6. The quantitative estimate of drug-likeness (QED) is 0.832. The smallest absolute Gasteiger partial charge is 0.270 e. The monoisotopic (exact) mass is 290 g/mol. The number of carbonyl (C=O) groups is 1. The number of ether oxygens (including phenoxy) is 1. The number of hydrogen-bond acceptors (Lipinski definition) is 4. The first kappa shape index (κ1) is 14.5. The Morgan fingerprint density at radius 2 is 2.10 bits per heavy atom. The van der Waals surface area contributed by atoms with E-state index in [9.17, 15) is 4.79 Å². The summed E-state index contributed by atoms with van der Waals surface area (Å²) in [6, 6.07) is 8.04. The third-order valence-electron chi connectivity index (χ3n) is 2.87. The fraction of sp³-hybridized carbons (Fsp3) is 0.333. The van der Waals surface area contributed by atoms with Gasteiger partial charge in [0, 0.05) is 5.38 Å². The molecule has 4 nitrogen and oxygen atoms in total. The Kier molecular flexibility index (Phi) is 5.12.